The largest absolute Gasteiger partial charge is 0.454 e. The SMILES string of the molecule is O=C(N[C@@H]1CCNC[C@H]1O)c1ccc(Cn2ccc3ccccc32)o1. The first kappa shape index (κ1) is 15.9. The Labute approximate surface area is 145 Å². The molecule has 0 spiro atoms. The van der Waals surface area contributed by atoms with E-state index in [1.54, 1.807) is 6.07 Å². The summed E-state index contributed by atoms with van der Waals surface area (Å²) in [5.74, 6) is 0.712. The summed E-state index contributed by atoms with van der Waals surface area (Å²) in [4.78, 5) is 12.3. The molecule has 1 aromatic carbocycles. The Hall–Kier alpha value is -2.57. The number of carbonyl (C=O) groups excluding carboxylic acids is 1. The Morgan fingerprint density at radius 2 is 2.16 bits per heavy atom. The topological polar surface area (TPSA) is 79.4 Å². The van der Waals surface area contributed by atoms with E-state index in [-0.39, 0.29) is 17.7 Å². The first-order valence-corrected chi connectivity index (χ1v) is 8.53. The molecule has 2 atom stereocenters. The molecular formula is C19H21N3O3. The minimum Gasteiger partial charge on any atom is -0.454 e. The molecule has 0 radical (unpaired) electrons. The zero-order chi connectivity index (χ0) is 17.2. The molecule has 1 saturated heterocycles. The number of aliphatic hydroxyl groups is 1. The molecule has 3 aromatic rings. The molecule has 1 fully saturated rings. The Morgan fingerprint density at radius 1 is 1.28 bits per heavy atom. The predicted molar refractivity (Wildman–Crippen MR) is 94.5 cm³/mol. The minimum atomic E-state index is -0.571. The van der Waals surface area contributed by atoms with Crippen molar-refractivity contribution in [3.8, 4) is 0 Å². The second-order valence-corrected chi connectivity index (χ2v) is 6.41. The van der Waals surface area contributed by atoms with Crippen LogP contribution >= 0.6 is 0 Å². The van der Waals surface area contributed by atoms with Gasteiger partial charge in [0, 0.05) is 18.3 Å². The number of rotatable bonds is 4. The molecule has 1 amide bonds. The average Bonchev–Trinajstić information content (AvgIpc) is 3.25. The van der Waals surface area contributed by atoms with E-state index >= 15 is 0 Å². The van der Waals surface area contributed by atoms with Gasteiger partial charge in [0.05, 0.1) is 18.7 Å². The number of nitrogens with zero attached hydrogens (tertiary/aromatic N) is 1. The maximum absolute atomic E-state index is 12.3. The van der Waals surface area contributed by atoms with Crippen molar-refractivity contribution < 1.29 is 14.3 Å². The first-order chi connectivity index (χ1) is 12.2. The van der Waals surface area contributed by atoms with Gasteiger partial charge in [-0.3, -0.25) is 4.79 Å². The van der Waals surface area contributed by atoms with Gasteiger partial charge in [0.15, 0.2) is 5.76 Å². The van der Waals surface area contributed by atoms with E-state index < -0.39 is 6.10 Å². The molecule has 6 nitrogen and oxygen atoms in total. The monoisotopic (exact) mass is 339 g/mol. The molecule has 0 bridgehead atoms. The molecule has 3 heterocycles. The number of carbonyl (C=O) groups is 1. The van der Waals surface area contributed by atoms with Gasteiger partial charge in [-0.1, -0.05) is 18.2 Å². The Morgan fingerprint density at radius 3 is 3.04 bits per heavy atom. The van der Waals surface area contributed by atoms with Crippen LogP contribution in [0.3, 0.4) is 0 Å². The number of piperidine rings is 1. The third-order valence-electron chi connectivity index (χ3n) is 4.66. The lowest BCUT2D eigenvalue weighted by Crippen LogP contribution is -2.52. The van der Waals surface area contributed by atoms with Gasteiger partial charge in [0.1, 0.15) is 5.76 Å². The number of para-hydroxylation sites is 1. The van der Waals surface area contributed by atoms with Gasteiger partial charge < -0.3 is 24.7 Å². The summed E-state index contributed by atoms with van der Waals surface area (Å²) in [6.07, 6.45) is 2.15. The predicted octanol–water partition coefficient (Wildman–Crippen LogP) is 1.74. The highest BCUT2D eigenvalue weighted by atomic mass is 16.4. The zero-order valence-corrected chi connectivity index (χ0v) is 13.8. The van der Waals surface area contributed by atoms with Crippen molar-refractivity contribution in [1.29, 1.82) is 0 Å². The second-order valence-electron chi connectivity index (χ2n) is 6.41. The maximum Gasteiger partial charge on any atom is 0.287 e. The van der Waals surface area contributed by atoms with Crippen molar-refractivity contribution in [2.75, 3.05) is 13.1 Å². The lowest BCUT2D eigenvalue weighted by Gasteiger charge is -2.28. The van der Waals surface area contributed by atoms with Crippen molar-refractivity contribution in [1.82, 2.24) is 15.2 Å². The summed E-state index contributed by atoms with van der Waals surface area (Å²) < 4.78 is 7.80. The number of nitrogens with one attached hydrogen (secondary N) is 2. The molecule has 6 heteroatoms. The fourth-order valence-corrected chi connectivity index (χ4v) is 3.28. The van der Waals surface area contributed by atoms with E-state index in [4.69, 9.17) is 4.42 Å². The summed E-state index contributed by atoms with van der Waals surface area (Å²) >= 11 is 0. The van der Waals surface area contributed by atoms with Crippen LogP contribution in [0, 0.1) is 0 Å². The second kappa shape index (κ2) is 6.74. The number of benzene rings is 1. The summed E-state index contributed by atoms with van der Waals surface area (Å²) in [6.45, 7) is 1.85. The van der Waals surface area contributed by atoms with Crippen molar-refractivity contribution >= 4 is 16.8 Å². The highest BCUT2D eigenvalue weighted by molar-refractivity contribution is 5.91. The summed E-state index contributed by atoms with van der Waals surface area (Å²) in [5.41, 5.74) is 1.13. The van der Waals surface area contributed by atoms with Crippen LogP contribution in [0.2, 0.25) is 0 Å². The van der Waals surface area contributed by atoms with E-state index in [0.717, 1.165) is 17.8 Å². The number of amides is 1. The molecule has 1 aliphatic heterocycles. The van der Waals surface area contributed by atoms with Crippen LogP contribution in [-0.4, -0.2) is 40.8 Å². The van der Waals surface area contributed by atoms with Crippen molar-refractivity contribution in [2.45, 2.75) is 25.1 Å². The van der Waals surface area contributed by atoms with Crippen molar-refractivity contribution in [2.24, 2.45) is 0 Å². The Balaban J connectivity index is 1.45. The van der Waals surface area contributed by atoms with Gasteiger partial charge in [-0.25, -0.2) is 0 Å². The highest BCUT2D eigenvalue weighted by Crippen LogP contribution is 2.18. The molecular weight excluding hydrogens is 318 g/mol. The quantitative estimate of drug-likeness (QED) is 0.676. The van der Waals surface area contributed by atoms with Crippen LogP contribution in [0.5, 0.6) is 0 Å². The maximum atomic E-state index is 12.3. The van der Waals surface area contributed by atoms with Gasteiger partial charge in [-0.05, 0) is 42.6 Å². The molecule has 2 aromatic heterocycles. The average molecular weight is 339 g/mol. The van der Waals surface area contributed by atoms with E-state index in [2.05, 4.69) is 33.4 Å². The molecule has 25 heavy (non-hydrogen) atoms. The Bertz CT molecular complexity index is 883. The third-order valence-corrected chi connectivity index (χ3v) is 4.66. The Kier molecular flexibility index (Phi) is 4.29. The van der Waals surface area contributed by atoms with Crippen molar-refractivity contribution in [3.05, 3.63) is 60.2 Å². The van der Waals surface area contributed by atoms with E-state index in [0.29, 0.717) is 19.5 Å². The van der Waals surface area contributed by atoms with Gasteiger partial charge in [-0.15, -0.1) is 0 Å². The minimum absolute atomic E-state index is 0.240. The van der Waals surface area contributed by atoms with Crippen LogP contribution in [0.4, 0.5) is 0 Å². The number of β-amino-alcohol motifs (C(OH)–C–C–N with tert-alkyl or cyclic N) is 1. The van der Waals surface area contributed by atoms with Gasteiger partial charge in [0.2, 0.25) is 0 Å². The van der Waals surface area contributed by atoms with Gasteiger partial charge >= 0.3 is 0 Å². The fraction of sp³-hybridized carbons (Fsp3) is 0.316. The third kappa shape index (κ3) is 3.31. The zero-order valence-electron chi connectivity index (χ0n) is 13.8. The number of hydrogen-bond acceptors (Lipinski definition) is 4. The molecule has 3 N–H and O–H groups in total. The lowest BCUT2D eigenvalue weighted by molar-refractivity contribution is 0.0742. The standard InChI is InChI=1S/C19H21N3O3/c23-17-11-20-9-7-15(17)21-19(24)18-6-5-14(25-18)12-22-10-8-13-3-1-2-4-16(13)22/h1-6,8,10,15,17,20,23H,7,9,11-12H2,(H,21,24)/t15-,17-/m1/s1. The van der Waals surface area contributed by atoms with Gasteiger partial charge in [-0.2, -0.15) is 0 Å². The number of fused-ring (bicyclic) bond motifs is 1. The van der Waals surface area contributed by atoms with Crippen LogP contribution in [0.15, 0.2) is 53.1 Å². The van der Waals surface area contributed by atoms with E-state index in [1.807, 2.05) is 24.4 Å². The van der Waals surface area contributed by atoms with E-state index in [1.165, 1.54) is 5.39 Å². The first-order valence-electron chi connectivity index (χ1n) is 8.53. The highest BCUT2D eigenvalue weighted by Gasteiger charge is 2.25. The summed E-state index contributed by atoms with van der Waals surface area (Å²) in [5, 5.41) is 17.1. The van der Waals surface area contributed by atoms with Crippen LogP contribution in [0.1, 0.15) is 22.7 Å². The molecule has 0 saturated carbocycles. The van der Waals surface area contributed by atoms with Crippen LogP contribution < -0.4 is 10.6 Å². The van der Waals surface area contributed by atoms with Crippen LogP contribution in [-0.2, 0) is 6.54 Å². The lowest BCUT2D eigenvalue weighted by atomic mass is 10.0. The molecule has 4 rings (SSSR count). The molecule has 0 aliphatic carbocycles. The molecule has 1 aliphatic rings. The fourth-order valence-electron chi connectivity index (χ4n) is 3.28. The number of aromatic nitrogens is 1. The number of aliphatic hydroxyl groups excluding tert-OH is 1. The number of furan rings is 1. The number of hydrogen-bond donors (Lipinski definition) is 3. The molecule has 0 unspecified atom stereocenters. The molecule has 130 valence electrons. The normalized spacial score (nSPS) is 20.7. The summed E-state index contributed by atoms with van der Waals surface area (Å²) in [6, 6.07) is 13.5. The smallest absolute Gasteiger partial charge is 0.287 e. The van der Waals surface area contributed by atoms with Gasteiger partial charge in [0.25, 0.3) is 5.91 Å². The summed E-state index contributed by atoms with van der Waals surface area (Å²) in [7, 11) is 0. The van der Waals surface area contributed by atoms with E-state index in [9.17, 15) is 9.90 Å². The van der Waals surface area contributed by atoms with Crippen molar-refractivity contribution in [3.63, 3.8) is 0 Å². The van der Waals surface area contributed by atoms with Crippen LogP contribution in [0.25, 0.3) is 10.9 Å².